The Hall–Kier alpha value is -2.21. The van der Waals surface area contributed by atoms with Crippen molar-refractivity contribution < 1.29 is 4.79 Å². The normalized spacial score (nSPS) is 21.1. The minimum atomic E-state index is 0.114. The first kappa shape index (κ1) is 15.7. The Morgan fingerprint density at radius 2 is 2.26 bits per heavy atom. The molecular weight excluding hydrogens is 290 g/mol. The van der Waals surface area contributed by atoms with E-state index in [0.29, 0.717) is 6.42 Å². The van der Waals surface area contributed by atoms with Gasteiger partial charge in [-0.1, -0.05) is 6.07 Å². The van der Waals surface area contributed by atoms with Crippen molar-refractivity contribution in [2.24, 2.45) is 13.0 Å². The lowest BCUT2D eigenvalue weighted by Crippen LogP contribution is -2.31. The fourth-order valence-electron chi connectivity index (χ4n) is 3.39. The second kappa shape index (κ2) is 6.91. The van der Waals surface area contributed by atoms with Crippen molar-refractivity contribution in [2.45, 2.75) is 25.9 Å². The Morgan fingerprint density at radius 1 is 1.39 bits per heavy atom. The van der Waals surface area contributed by atoms with Gasteiger partial charge < -0.3 is 10.2 Å². The molecule has 0 bridgehead atoms. The van der Waals surface area contributed by atoms with E-state index in [-0.39, 0.29) is 17.9 Å². The number of rotatable bonds is 6. The van der Waals surface area contributed by atoms with Crippen LogP contribution in [0.15, 0.2) is 36.9 Å². The minimum Gasteiger partial charge on any atom is -0.336 e. The highest BCUT2D eigenvalue weighted by Gasteiger charge is 2.39. The number of aryl methyl sites for hydroxylation is 1. The molecule has 1 aliphatic rings. The molecule has 6 nitrogen and oxygen atoms in total. The lowest BCUT2D eigenvalue weighted by atomic mass is 9.94. The van der Waals surface area contributed by atoms with Crippen LogP contribution < -0.4 is 5.32 Å². The average molecular weight is 313 g/mol. The van der Waals surface area contributed by atoms with Crippen LogP contribution in [0.1, 0.15) is 30.5 Å². The molecular formula is C17H23N5O. The summed E-state index contributed by atoms with van der Waals surface area (Å²) in [4.78, 5) is 18.5. The molecule has 6 heteroatoms. The minimum absolute atomic E-state index is 0.114. The maximum absolute atomic E-state index is 12.3. The molecule has 3 heterocycles. The molecule has 0 aromatic carbocycles. The van der Waals surface area contributed by atoms with E-state index in [2.05, 4.69) is 21.5 Å². The van der Waals surface area contributed by atoms with Crippen LogP contribution in [0, 0.1) is 5.92 Å². The molecule has 23 heavy (non-hydrogen) atoms. The van der Waals surface area contributed by atoms with Crippen molar-refractivity contribution in [3.05, 3.63) is 48.0 Å². The molecule has 1 saturated heterocycles. The monoisotopic (exact) mass is 313 g/mol. The first-order valence-corrected chi connectivity index (χ1v) is 8.06. The molecule has 1 aliphatic heterocycles. The third-order valence-corrected chi connectivity index (χ3v) is 4.40. The van der Waals surface area contributed by atoms with Crippen LogP contribution in [0.25, 0.3) is 0 Å². The summed E-state index contributed by atoms with van der Waals surface area (Å²) in [6.45, 7) is 4.34. The highest BCUT2D eigenvalue weighted by Crippen LogP contribution is 2.37. The molecule has 0 aliphatic carbocycles. The lowest BCUT2D eigenvalue weighted by Gasteiger charge is -2.27. The van der Waals surface area contributed by atoms with Gasteiger partial charge >= 0.3 is 0 Å². The van der Waals surface area contributed by atoms with Crippen LogP contribution in [0.2, 0.25) is 0 Å². The van der Waals surface area contributed by atoms with E-state index in [1.54, 1.807) is 10.9 Å². The van der Waals surface area contributed by atoms with Crippen LogP contribution in [0.3, 0.4) is 0 Å². The van der Waals surface area contributed by atoms with Gasteiger partial charge in [0.15, 0.2) is 0 Å². The summed E-state index contributed by atoms with van der Waals surface area (Å²) in [6.07, 6.45) is 8.10. The molecule has 2 aromatic heterocycles. The van der Waals surface area contributed by atoms with E-state index < -0.39 is 0 Å². The van der Waals surface area contributed by atoms with Gasteiger partial charge in [-0.2, -0.15) is 5.10 Å². The van der Waals surface area contributed by atoms with E-state index in [4.69, 9.17) is 0 Å². The summed E-state index contributed by atoms with van der Waals surface area (Å²) in [5.41, 5.74) is 2.27. The van der Waals surface area contributed by atoms with E-state index >= 15 is 0 Å². The summed E-state index contributed by atoms with van der Waals surface area (Å²) in [7, 11) is 1.91. The molecule has 0 spiro atoms. The van der Waals surface area contributed by atoms with Gasteiger partial charge in [0.25, 0.3) is 0 Å². The highest BCUT2D eigenvalue weighted by molar-refractivity contribution is 5.79. The third kappa shape index (κ3) is 3.42. The van der Waals surface area contributed by atoms with Gasteiger partial charge in [-0.3, -0.25) is 14.5 Å². The van der Waals surface area contributed by atoms with E-state index in [0.717, 1.165) is 30.8 Å². The SMILES string of the molecule is CCN1C(=O)C[C@@H](CNCc2cnn(C)c2)[C@@H]1c1cccnc1. The first-order valence-electron chi connectivity index (χ1n) is 8.06. The zero-order chi connectivity index (χ0) is 16.2. The quantitative estimate of drug-likeness (QED) is 0.878. The lowest BCUT2D eigenvalue weighted by molar-refractivity contribution is -0.128. The van der Waals surface area contributed by atoms with Crippen LogP contribution in [-0.2, 0) is 18.4 Å². The molecule has 2 aromatic rings. The van der Waals surface area contributed by atoms with Crippen LogP contribution in [0.5, 0.6) is 0 Å². The molecule has 3 rings (SSSR count). The summed E-state index contributed by atoms with van der Waals surface area (Å²) < 4.78 is 1.80. The number of carbonyl (C=O) groups is 1. The number of carbonyl (C=O) groups excluding carboxylic acids is 1. The maximum Gasteiger partial charge on any atom is 0.223 e. The zero-order valence-corrected chi connectivity index (χ0v) is 13.6. The number of pyridine rings is 1. The standard InChI is InChI=1S/C17H23N5O/c1-3-22-16(23)7-15(17(22)14-5-4-6-18-10-14)11-19-8-13-9-20-21(2)12-13/h4-6,9-10,12,15,17,19H,3,7-8,11H2,1-2H3/t15-,17-/m0/s1. The van der Waals surface area contributed by atoms with Gasteiger partial charge in [-0.25, -0.2) is 0 Å². The van der Waals surface area contributed by atoms with E-state index in [1.165, 1.54) is 0 Å². The topological polar surface area (TPSA) is 63.1 Å². The van der Waals surface area contributed by atoms with Crippen molar-refractivity contribution in [1.82, 2.24) is 25.0 Å². The van der Waals surface area contributed by atoms with Gasteiger partial charge in [0, 0.05) is 63.2 Å². The van der Waals surface area contributed by atoms with Gasteiger partial charge in [0.2, 0.25) is 5.91 Å². The van der Waals surface area contributed by atoms with Crippen molar-refractivity contribution in [3.63, 3.8) is 0 Å². The molecule has 0 saturated carbocycles. The molecule has 1 amide bonds. The Kier molecular flexibility index (Phi) is 4.71. The Bertz CT molecular complexity index is 654. The van der Waals surface area contributed by atoms with Crippen LogP contribution in [-0.4, -0.2) is 38.7 Å². The number of likely N-dealkylation sites (tertiary alicyclic amines) is 1. The molecule has 0 radical (unpaired) electrons. The molecule has 2 atom stereocenters. The van der Waals surface area contributed by atoms with Crippen molar-refractivity contribution >= 4 is 5.91 Å². The second-order valence-electron chi connectivity index (χ2n) is 6.03. The number of amides is 1. The first-order chi connectivity index (χ1) is 11.2. The van der Waals surface area contributed by atoms with Crippen LogP contribution >= 0.6 is 0 Å². The number of nitrogens with zero attached hydrogens (tertiary/aromatic N) is 4. The summed E-state index contributed by atoms with van der Waals surface area (Å²) >= 11 is 0. The fraction of sp³-hybridized carbons (Fsp3) is 0.471. The maximum atomic E-state index is 12.3. The predicted molar refractivity (Wildman–Crippen MR) is 87.4 cm³/mol. The van der Waals surface area contributed by atoms with E-state index in [1.807, 2.05) is 43.5 Å². The van der Waals surface area contributed by atoms with Crippen molar-refractivity contribution in [3.8, 4) is 0 Å². The van der Waals surface area contributed by atoms with Gasteiger partial charge in [-0.15, -0.1) is 0 Å². The molecule has 1 N–H and O–H groups in total. The highest BCUT2D eigenvalue weighted by atomic mass is 16.2. The number of hydrogen-bond acceptors (Lipinski definition) is 4. The molecule has 0 unspecified atom stereocenters. The summed E-state index contributed by atoms with van der Waals surface area (Å²) in [5.74, 6) is 0.498. The number of nitrogens with one attached hydrogen (secondary N) is 1. The van der Waals surface area contributed by atoms with Crippen molar-refractivity contribution in [1.29, 1.82) is 0 Å². The Balaban J connectivity index is 1.68. The Labute approximate surface area is 136 Å². The van der Waals surface area contributed by atoms with Gasteiger partial charge in [-0.05, 0) is 18.6 Å². The van der Waals surface area contributed by atoms with Gasteiger partial charge in [0.1, 0.15) is 0 Å². The zero-order valence-electron chi connectivity index (χ0n) is 13.6. The molecule has 122 valence electrons. The predicted octanol–water partition coefficient (Wildman–Crippen LogP) is 1.51. The average Bonchev–Trinajstić information content (AvgIpc) is 3.11. The fourth-order valence-corrected chi connectivity index (χ4v) is 3.39. The summed E-state index contributed by atoms with van der Waals surface area (Å²) in [6, 6.07) is 4.11. The Morgan fingerprint density at radius 3 is 2.91 bits per heavy atom. The molecule has 1 fully saturated rings. The third-order valence-electron chi connectivity index (χ3n) is 4.40. The number of hydrogen-bond donors (Lipinski definition) is 1. The van der Waals surface area contributed by atoms with Crippen LogP contribution in [0.4, 0.5) is 0 Å². The summed E-state index contributed by atoms with van der Waals surface area (Å²) in [5, 5.41) is 7.64. The van der Waals surface area contributed by atoms with Crippen molar-refractivity contribution in [2.75, 3.05) is 13.1 Å². The van der Waals surface area contributed by atoms with Gasteiger partial charge in [0.05, 0.1) is 12.2 Å². The van der Waals surface area contributed by atoms with E-state index in [9.17, 15) is 4.79 Å². The largest absolute Gasteiger partial charge is 0.336 e. The number of aromatic nitrogens is 3. The second-order valence-corrected chi connectivity index (χ2v) is 6.03. The smallest absolute Gasteiger partial charge is 0.223 e.